The van der Waals surface area contributed by atoms with Gasteiger partial charge in [-0.3, -0.25) is 4.79 Å². The van der Waals surface area contributed by atoms with E-state index in [1.165, 1.54) is 83.5 Å². The highest BCUT2D eigenvalue weighted by Gasteiger charge is 2.69. The summed E-state index contributed by atoms with van der Waals surface area (Å²) in [5.41, 5.74) is -0.279. The van der Waals surface area contributed by atoms with Gasteiger partial charge in [0, 0.05) is 54.0 Å². The van der Waals surface area contributed by atoms with E-state index in [1.807, 2.05) is 0 Å². The van der Waals surface area contributed by atoms with Crippen LogP contribution in [0.25, 0.3) is 0 Å². The topological polar surface area (TPSA) is 66.1 Å². The molecule has 2 N–H and O–H groups in total. The van der Waals surface area contributed by atoms with Gasteiger partial charge < -0.3 is 29.9 Å². The van der Waals surface area contributed by atoms with E-state index in [1.54, 1.807) is 0 Å². The fourth-order valence-corrected chi connectivity index (χ4v) is 11.6. The van der Waals surface area contributed by atoms with Crippen LogP contribution < -0.4 is 10.6 Å². The third-order valence-corrected chi connectivity index (χ3v) is 13.8. The van der Waals surface area contributed by atoms with Gasteiger partial charge in [0.15, 0.2) is 0 Å². The van der Waals surface area contributed by atoms with Crippen LogP contribution in [-0.2, 0) is 14.3 Å². The summed E-state index contributed by atoms with van der Waals surface area (Å²) in [5, 5.41) is 8.24. The number of carbonyl (C=O) groups excluding carboxylic acids is 1. The molecule has 7 aliphatic rings. The van der Waals surface area contributed by atoms with Crippen molar-refractivity contribution in [1.82, 2.24) is 20.4 Å². The Morgan fingerprint density at radius 3 is 1.53 bits per heavy atom. The van der Waals surface area contributed by atoms with Crippen molar-refractivity contribution >= 4 is 5.97 Å². The predicted molar refractivity (Wildman–Crippen MR) is 171 cm³/mol. The van der Waals surface area contributed by atoms with Crippen LogP contribution in [0.5, 0.6) is 0 Å². The fraction of sp³-hybridized carbons (Fsp3) is 0.972. The van der Waals surface area contributed by atoms with Gasteiger partial charge in [-0.05, 0) is 131 Å². The van der Waals surface area contributed by atoms with Gasteiger partial charge >= 0.3 is 5.97 Å². The maximum Gasteiger partial charge on any atom is 0.309 e. The van der Waals surface area contributed by atoms with Crippen molar-refractivity contribution in [3.05, 3.63) is 0 Å². The van der Waals surface area contributed by atoms with Gasteiger partial charge in [0.25, 0.3) is 0 Å². The lowest BCUT2D eigenvalue weighted by molar-refractivity contribution is -0.260. The van der Waals surface area contributed by atoms with E-state index < -0.39 is 0 Å². The van der Waals surface area contributed by atoms with E-state index >= 15 is 0 Å². The van der Waals surface area contributed by atoms with Crippen LogP contribution in [0.1, 0.15) is 116 Å². The second-order valence-electron chi connectivity index (χ2n) is 16.5. The minimum absolute atomic E-state index is 0.138. The molecule has 0 aromatic carbocycles. The summed E-state index contributed by atoms with van der Waals surface area (Å²) >= 11 is 0. The first-order chi connectivity index (χ1) is 20.8. The molecule has 8 unspecified atom stereocenters. The van der Waals surface area contributed by atoms with Crippen molar-refractivity contribution in [2.75, 3.05) is 28.2 Å². The molecule has 0 amide bonds. The molecule has 43 heavy (non-hydrogen) atoms. The maximum absolute atomic E-state index is 13.5. The number of hydrogen-bond acceptors (Lipinski definition) is 7. The van der Waals surface area contributed by atoms with Crippen LogP contribution in [0.15, 0.2) is 0 Å². The highest BCUT2D eigenvalue weighted by atomic mass is 16.6. The zero-order valence-corrected chi connectivity index (χ0v) is 27.8. The Morgan fingerprint density at radius 2 is 1.05 bits per heavy atom. The molecule has 244 valence electrons. The Morgan fingerprint density at radius 1 is 0.581 bits per heavy atom. The summed E-state index contributed by atoms with van der Waals surface area (Å²) in [5.74, 6) is 1.44. The van der Waals surface area contributed by atoms with Crippen molar-refractivity contribution in [1.29, 1.82) is 0 Å². The van der Waals surface area contributed by atoms with Crippen LogP contribution in [0, 0.1) is 23.7 Å². The first-order valence-electron chi connectivity index (χ1n) is 18.5. The lowest BCUT2D eigenvalue weighted by atomic mass is 9.54. The van der Waals surface area contributed by atoms with Crippen LogP contribution in [0.4, 0.5) is 0 Å². The highest BCUT2D eigenvalue weighted by Crippen LogP contribution is 2.61. The number of nitrogens with zero attached hydrogens (tertiary/aromatic N) is 2. The van der Waals surface area contributed by atoms with Crippen LogP contribution in [-0.4, -0.2) is 98.0 Å². The molecule has 2 aliphatic heterocycles. The number of carbonyl (C=O) groups is 1. The zero-order chi connectivity index (χ0) is 29.7. The molecular weight excluding hydrogens is 536 g/mol. The average Bonchev–Trinajstić information content (AvgIpc) is 3.30. The summed E-state index contributed by atoms with van der Waals surface area (Å²) in [6.45, 7) is 0. The third-order valence-electron chi connectivity index (χ3n) is 13.8. The number of nitrogens with one attached hydrogen (secondary N) is 2. The molecule has 1 spiro atoms. The largest absolute Gasteiger partial charge is 0.458 e. The van der Waals surface area contributed by atoms with E-state index in [0.29, 0.717) is 41.9 Å². The first kappa shape index (κ1) is 30.9. The number of hydrogen-bond donors (Lipinski definition) is 2. The zero-order valence-electron chi connectivity index (χ0n) is 27.8. The van der Waals surface area contributed by atoms with E-state index in [0.717, 1.165) is 44.2 Å². The summed E-state index contributed by atoms with van der Waals surface area (Å²) in [4.78, 5) is 18.4. The summed E-state index contributed by atoms with van der Waals surface area (Å²) in [6, 6.07) is 3.81. The third kappa shape index (κ3) is 5.97. The van der Waals surface area contributed by atoms with Crippen LogP contribution in [0.3, 0.4) is 0 Å². The SMILES string of the molecule is CN(C)C1CCC(NC2CCC3C(C2)OC2CC(NC4CCC(N(C)C)CC4)CCC2C32OC(=O)C3CCCCC32)CC1. The van der Waals surface area contributed by atoms with Crippen molar-refractivity contribution in [3.8, 4) is 0 Å². The molecule has 7 fully saturated rings. The second-order valence-corrected chi connectivity index (χ2v) is 16.5. The van der Waals surface area contributed by atoms with E-state index in [4.69, 9.17) is 9.47 Å². The standard InChI is InChI=1S/C36H62N4O3/c1-39(2)27-15-9-23(10-16-27)37-25-13-19-31-33(21-25)42-34-22-26(38-24-11-17-28(18-12-24)40(3)4)14-20-32(34)36(31)30-8-6-5-7-29(30)35(41)43-36/h23-34,37-38H,5-22H2,1-4H3. The lowest BCUT2D eigenvalue weighted by Gasteiger charge is -2.60. The first-order valence-corrected chi connectivity index (χ1v) is 18.5. The molecule has 5 aliphatic carbocycles. The Hall–Kier alpha value is -0.730. The Labute approximate surface area is 261 Å². The number of fused-ring (bicyclic) bond motifs is 6. The van der Waals surface area contributed by atoms with Crippen molar-refractivity contribution in [2.24, 2.45) is 23.7 Å². The van der Waals surface area contributed by atoms with Crippen molar-refractivity contribution in [3.63, 3.8) is 0 Å². The maximum atomic E-state index is 13.5. The minimum Gasteiger partial charge on any atom is -0.458 e. The van der Waals surface area contributed by atoms with Crippen LogP contribution >= 0.6 is 0 Å². The molecule has 0 bridgehead atoms. The average molecular weight is 599 g/mol. The monoisotopic (exact) mass is 598 g/mol. The molecule has 2 heterocycles. The summed E-state index contributed by atoms with van der Waals surface area (Å²) in [6.07, 6.45) is 22.3. The van der Waals surface area contributed by atoms with Crippen LogP contribution in [0.2, 0.25) is 0 Å². The van der Waals surface area contributed by atoms with Gasteiger partial charge in [0.1, 0.15) is 5.60 Å². The van der Waals surface area contributed by atoms with Gasteiger partial charge in [-0.2, -0.15) is 0 Å². The van der Waals surface area contributed by atoms with E-state index in [2.05, 4.69) is 48.6 Å². The molecule has 0 aromatic rings. The van der Waals surface area contributed by atoms with Gasteiger partial charge in [-0.15, -0.1) is 0 Å². The lowest BCUT2D eigenvalue weighted by Crippen LogP contribution is -2.67. The molecule has 0 radical (unpaired) electrons. The number of rotatable bonds is 6. The van der Waals surface area contributed by atoms with E-state index in [9.17, 15) is 4.79 Å². The molecule has 7 nitrogen and oxygen atoms in total. The van der Waals surface area contributed by atoms with Gasteiger partial charge in [0.2, 0.25) is 0 Å². The van der Waals surface area contributed by atoms with Gasteiger partial charge in [-0.1, -0.05) is 12.8 Å². The second kappa shape index (κ2) is 12.8. The molecule has 5 saturated carbocycles. The number of esters is 1. The Kier molecular flexibility index (Phi) is 9.21. The Balaban J connectivity index is 1.05. The molecule has 7 rings (SSSR count). The van der Waals surface area contributed by atoms with Gasteiger partial charge in [0.05, 0.1) is 18.1 Å². The normalized spacial score (nSPS) is 48.6. The predicted octanol–water partition coefficient (Wildman–Crippen LogP) is 5.12. The molecule has 2 saturated heterocycles. The van der Waals surface area contributed by atoms with Crippen molar-refractivity contribution < 1.29 is 14.3 Å². The molecule has 0 aromatic heterocycles. The molecule has 7 heteroatoms. The van der Waals surface area contributed by atoms with Crippen molar-refractivity contribution in [2.45, 2.75) is 170 Å². The van der Waals surface area contributed by atoms with Gasteiger partial charge in [-0.25, -0.2) is 0 Å². The smallest absolute Gasteiger partial charge is 0.309 e. The minimum atomic E-state index is -0.279. The Bertz CT molecular complexity index is 904. The number of ether oxygens (including phenoxy) is 2. The quantitative estimate of drug-likeness (QED) is 0.412. The van der Waals surface area contributed by atoms with E-state index in [-0.39, 0.29) is 29.7 Å². The molecular formula is C36H62N4O3. The summed E-state index contributed by atoms with van der Waals surface area (Å²) in [7, 11) is 8.93. The summed E-state index contributed by atoms with van der Waals surface area (Å²) < 4.78 is 14.1. The molecule has 8 atom stereocenters. The fourth-order valence-electron chi connectivity index (χ4n) is 11.6. The highest BCUT2D eigenvalue weighted by molar-refractivity contribution is 5.76.